The van der Waals surface area contributed by atoms with E-state index in [4.69, 9.17) is 9.47 Å². The molecule has 0 aliphatic carbocycles. The van der Waals surface area contributed by atoms with Gasteiger partial charge >= 0.3 is 5.97 Å². The van der Waals surface area contributed by atoms with Crippen molar-refractivity contribution in [1.29, 1.82) is 0 Å². The third-order valence-electron chi connectivity index (χ3n) is 5.56. The van der Waals surface area contributed by atoms with E-state index in [0.717, 1.165) is 25.8 Å². The lowest BCUT2D eigenvalue weighted by Crippen LogP contribution is -2.47. The number of phenolic OH excluding ortho intramolecular Hbond substituents is 1. The summed E-state index contributed by atoms with van der Waals surface area (Å²) in [4.78, 5) is 39.1. The van der Waals surface area contributed by atoms with Gasteiger partial charge in [0.15, 0.2) is 5.75 Å². The topological polar surface area (TPSA) is 117 Å². The number of carbonyl (C=O) groups is 3. The Kier molecular flexibility index (Phi) is 12.2. The van der Waals surface area contributed by atoms with Gasteiger partial charge in [0.1, 0.15) is 17.5 Å². The van der Waals surface area contributed by atoms with E-state index >= 15 is 0 Å². The van der Waals surface area contributed by atoms with Gasteiger partial charge in [-0.15, -0.1) is 0 Å². The number of carbonyl (C=O) groups excluding carboxylic acids is 3. The Hall–Kier alpha value is -0.670. The molecule has 3 rings (SSSR count). The largest absolute Gasteiger partial charge is 0.506 e. The normalized spacial score (nSPS) is 14.1. The van der Waals surface area contributed by atoms with E-state index < -0.39 is 12.0 Å². The van der Waals surface area contributed by atoms with E-state index in [9.17, 15) is 19.5 Å². The van der Waals surface area contributed by atoms with Crippen molar-refractivity contribution in [3.05, 3.63) is 44.1 Å². The van der Waals surface area contributed by atoms with Crippen molar-refractivity contribution < 1.29 is 29.0 Å². The third kappa shape index (κ3) is 8.92. The highest BCUT2D eigenvalue weighted by Gasteiger charge is 2.24. The van der Waals surface area contributed by atoms with Crippen LogP contribution in [0.25, 0.3) is 0 Å². The fraction of sp³-hybridized carbons (Fsp3) is 0.375. The molecule has 1 atom stereocenters. The number of hydrogen-bond acceptors (Lipinski definition) is 7. The average Bonchev–Trinajstić information content (AvgIpc) is 2.87. The van der Waals surface area contributed by atoms with Crippen LogP contribution in [0.5, 0.6) is 17.2 Å². The molecule has 0 spiro atoms. The molecule has 1 fully saturated rings. The standard InChI is InChI=1S/C24H25I4N3O6/c1-36-24(35)19(30-20(32)2-3-21(33)31-6-4-29-5-7-31)10-13-8-17(27)23(18(28)9-13)37-14-11-15(25)22(34)16(26)12-14/h8-9,11-12,19,29,34H,2-7,10H2,1H3,(H,30,32)/t19-/m0/s1. The van der Waals surface area contributed by atoms with Crippen LogP contribution >= 0.6 is 90.4 Å². The van der Waals surface area contributed by atoms with Crippen molar-refractivity contribution in [1.82, 2.24) is 15.5 Å². The number of aromatic hydroxyl groups is 1. The smallest absolute Gasteiger partial charge is 0.328 e. The van der Waals surface area contributed by atoms with Crippen molar-refractivity contribution in [3.63, 3.8) is 0 Å². The number of phenols is 1. The molecule has 200 valence electrons. The number of methoxy groups -OCH3 is 1. The van der Waals surface area contributed by atoms with E-state index in [1.165, 1.54) is 7.11 Å². The quantitative estimate of drug-likeness (QED) is 0.257. The zero-order valence-corrected chi connectivity index (χ0v) is 28.4. The second-order valence-electron chi connectivity index (χ2n) is 8.20. The van der Waals surface area contributed by atoms with Crippen LogP contribution in [0, 0.1) is 14.3 Å². The number of esters is 1. The lowest BCUT2D eigenvalue weighted by molar-refractivity contribution is -0.145. The molecule has 2 aromatic carbocycles. The molecule has 2 amide bonds. The number of nitrogens with one attached hydrogen (secondary N) is 2. The van der Waals surface area contributed by atoms with E-state index in [1.54, 1.807) is 17.0 Å². The Morgan fingerprint density at radius 1 is 1.00 bits per heavy atom. The predicted molar refractivity (Wildman–Crippen MR) is 172 cm³/mol. The highest BCUT2D eigenvalue weighted by molar-refractivity contribution is 14.1. The van der Waals surface area contributed by atoms with Crippen LogP contribution in [-0.4, -0.2) is 67.1 Å². The fourth-order valence-corrected chi connectivity index (χ4v) is 7.51. The van der Waals surface area contributed by atoms with Gasteiger partial charge < -0.3 is 30.1 Å². The molecule has 0 bridgehead atoms. The highest BCUT2D eigenvalue weighted by Crippen LogP contribution is 2.37. The SMILES string of the molecule is COC(=O)[C@H](Cc1cc(I)c(Oc2cc(I)c(O)c(I)c2)c(I)c1)NC(=O)CCC(=O)N1CCNCC1. The summed E-state index contributed by atoms with van der Waals surface area (Å²) in [5.74, 6) is 0.485. The van der Waals surface area contributed by atoms with Crippen molar-refractivity contribution in [2.75, 3.05) is 33.3 Å². The zero-order valence-electron chi connectivity index (χ0n) is 19.8. The number of amides is 2. The molecule has 0 unspecified atom stereocenters. The van der Waals surface area contributed by atoms with Gasteiger partial charge in [-0.05, 0) is 120 Å². The summed E-state index contributed by atoms with van der Waals surface area (Å²) in [7, 11) is 1.28. The highest BCUT2D eigenvalue weighted by atomic mass is 127. The van der Waals surface area contributed by atoms with Crippen molar-refractivity contribution in [3.8, 4) is 17.2 Å². The van der Waals surface area contributed by atoms with Crippen molar-refractivity contribution >= 4 is 108 Å². The monoisotopic (exact) mass is 959 g/mol. The van der Waals surface area contributed by atoms with Gasteiger partial charge in [-0.25, -0.2) is 4.79 Å². The molecule has 13 heteroatoms. The first-order valence-electron chi connectivity index (χ1n) is 11.3. The zero-order chi connectivity index (χ0) is 27.1. The Bertz CT molecular complexity index is 1130. The number of piperazine rings is 1. The number of nitrogens with zero attached hydrogens (tertiary/aromatic N) is 1. The second kappa shape index (κ2) is 14.6. The Balaban J connectivity index is 1.66. The molecule has 37 heavy (non-hydrogen) atoms. The van der Waals surface area contributed by atoms with Crippen molar-refractivity contribution in [2.45, 2.75) is 25.3 Å². The van der Waals surface area contributed by atoms with Crippen LogP contribution in [0.2, 0.25) is 0 Å². The molecule has 0 radical (unpaired) electrons. The number of halogens is 4. The van der Waals surface area contributed by atoms with Gasteiger partial charge in [0.2, 0.25) is 11.8 Å². The van der Waals surface area contributed by atoms with Crippen LogP contribution in [0.1, 0.15) is 18.4 Å². The number of hydrogen-bond donors (Lipinski definition) is 3. The third-order valence-corrected chi connectivity index (χ3v) is 8.81. The molecule has 1 aliphatic rings. The van der Waals surface area contributed by atoms with Gasteiger partial charge in [0.05, 0.1) is 21.4 Å². The molecular formula is C24H25I4N3O6. The molecule has 2 aromatic rings. The molecule has 9 nitrogen and oxygen atoms in total. The second-order valence-corrected chi connectivity index (χ2v) is 12.9. The minimum Gasteiger partial charge on any atom is -0.506 e. The summed E-state index contributed by atoms with van der Waals surface area (Å²) in [5.41, 5.74) is 0.823. The van der Waals surface area contributed by atoms with Crippen LogP contribution < -0.4 is 15.4 Å². The summed E-state index contributed by atoms with van der Waals surface area (Å²) in [6.07, 6.45) is 0.324. The molecular weight excluding hydrogens is 934 g/mol. The summed E-state index contributed by atoms with van der Waals surface area (Å²) >= 11 is 8.45. The molecule has 0 saturated carbocycles. The first-order chi connectivity index (χ1) is 17.6. The minimum absolute atomic E-state index is 0.00231. The molecule has 3 N–H and O–H groups in total. The van der Waals surface area contributed by atoms with E-state index in [2.05, 4.69) is 101 Å². The Morgan fingerprint density at radius 2 is 1.59 bits per heavy atom. The molecule has 1 heterocycles. The maximum Gasteiger partial charge on any atom is 0.328 e. The maximum absolute atomic E-state index is 12.6. The molecule has 0 aromatic heterocycles. The fourth-order valence-electron chi connectivity index (χ4n) is 3.68. The van der Waals surface area contributed by atoms with Gasteiger partial charge in [-0.3, -0.25) is 9.59 Å². The molecule has 1 saturated heterocycles. The number of rotatable bonds is 9. The summed E-state index contributed by atoms with van der Waals surface area (Å²) < 4.78 is 14.1. The van der Waals surface area contributed by atoms with Crippen molar-refractivity contribution in [2.24, 2.45) is 0 Å². The van der Waals surface area contributed by atoms with E-state index in [-0.39, 0.29) is 36.8 Å². The van der Waals surface area contributed by atoms with Gasteiger partial charge in [-0.2, -0.15) is 0 Å². The van der Waals surface area contributed by atoms with Gasteiger partial charge in [0, 0.05) is 45.4 Å². The van der Waals surface area contributed by atoms with E-state index in [0.29, 0.717) is 31.7 Å². The van der Waals surface area contributed by atoms with Crippen LogP contribution in [0.3, 0.4) is 0 Å². The van der Waals surface area contributed by atoms with Crippen LogP contribution in [0.15, 0.2) is 24.3 Å². The predicted octanol–water partition coefficient (Wildman–Crippen LogP) is 4.02. The average molecular weight is 959 g/mol. The summed E-state index contributed by atoms with van der Waals surface area (Å²) in [6, 6.07) is 6.42. The molecule has 1 aliphatic heterocycles. The van der Waals surface area contributed by atoms with Crippen LogP contribution in [-0.2, 0) is 25.5 Å². The Labute approximate surface area is 269 Å². The van der Waals surface area contributed by atoms with Crippen LogP contribution in [0.4, 0.5) is 0 Å². The summed E-state index contributed by atoms with van der Waals surface area (Å²) in [6.45, 7) is 2.76. The first-order valence-corrected chi connectivity index (χ1v) is 15.6. The van der Waals surface area contributed by atoms with Gasteiger partial charge in [-0.1, -0.05) is 0 Å². The maximum atomic E-state index is 12.6. The van der Waals surface area contributed by atoms with Gasteiger partial charge in [0.25, 0.3) is 0 Å². The number of ether oxygens (including phenoxy) is 2. The lowest BCUT2D eigenvalue weighted by atomic mass is 10.1. The first kappa shape index (κ1) is 30.9. The number of benzene rings is 2. The minimum atomic E-state index is -0.884. The lowest BCUT2D eigenvalue weighted by Gasteiger charge is -2.27. The Morgan fingerprint density at radius 3 is 2.16 bits per heavy atom. The van der Waals surface area contributed by atoms with E-state index in [1.807, 2.05) is 12.1 Å². The summed E-state index contributed by atoms with van der Waals surface area (Å²) in [5, 5.41) is 15.9.